The van der Waals surface area contributed by atoms with Crippen LogP contribution in [-0.4, -0.2) is 33.9 Å². The third-order valence-electron chi connectivity index (χ3n) is 5.26. The van der Waals surface area contributed by atoms with Crippen LogP contribution in [0.4, 0.5) is 8.78 Å². The molecule has 1 fully saturated rings. The van der Waals surface area contributed by atoms with Gasteiger partial charge in [0.25, 0.3) is 5.56 Å². The van der Waals surface area contributed by atoms with E-state index in [0.717, 1.165) is 25.0 Å². The van der Waals surface area contributed by atoms with E-state index in [4.69, 9.17) is 14.0 Å². The first-order valence-electron chi connectivity index (χ1n) is 10.1. The second-order valence-corrected chi connectivity index (χ2v) is 8.40. The van der Waals surface area contributed by atoms with Gasteiger partial charge < -0.3 is 14.0 Å². The van der Waals surface area contributed by atoms with E-state index in [9.17, 15) is 13.6 Å². The van der Waals surface area contributed by atoms with E-state index >= 15 is 0 Å². The van der Waals surface area contributed by atoms with Gasteiger partial charge in [0.2, 0.25) is 11.7 Å². The summed E-state index contributed by atoms with van der Waals surface area (Å²) in [6.45, 7) is 0. The molecule has 0 bridgehead atoms. The quantitative estimate of drug-likeness (QED) is 0.289. The molecule has 8 nitrogen and oxygen atoms in total. The Bertz CT molecular complexity index is 1420. The minimum Gasteiger partial charge on any atom is -0.493 e. The predicted molar refractivity (Wildman–Crippen MR) is 117 cm³/mol. The second-order valence-electron chi connectivity index (χ2n) is 7.45. The van der Waals surface area contributed by atoms with Crippen molar-refractivity contribution in [2.75, 3.05) is 14.2 Å². The summed E-state index contributed by atoms with van der Waals surface area (Å²) in [4.78, 5) is 21.8. The topological polar surface area (TPSA) is 92.3 Å². The average molecular weight is 472 g/mol. The average Bonchev–Trinajstić information content (AvgIpc) is 3.54. The molecule has 33 heavy (non-hydrogen) atoms. The maximum atomic E-state index is 13.7. The maximum absolute atomic E-state index is 13.7. The van der Waals surface area contributed by atoms with Gasteiger partial charge >= 0.3 is 0 Å². The van der Waals surface area contributed by atoms with Crippen LogP contribution in [0.1, 0.15) is 24.8 Å². The van der Waals surface area contributed by atoms with Crippen molar-refractivity contribution in [1.82, 2.24) is 19.7 Å². The van der Waals surface area contributed by atoms with Gasteiger partial charge in [-0.3, -0.25) is 9.36 Å². The molecule has 2 aromatic carbocycles. The Kier molecular flexibility index (Phi) is 5.49. The highest BCUT2D eigenvalue weighted by Crippen LogP contribution is 2.38. The van der Waals surface area contributed by atoms with Crippen LogP contribution in [0.25, 0.3) is 22.3 Å². The Hall–Kier alpha value is -3.47. The Morgan fingerprint density at radius 1 is 1.09 bits per heavy atom. The molecule has 0 aliphatic heterocycles. The predicted octanol–water partition coefficient (Wildman–Crippen LogP) is 4.37. The summed E-state index contributed by atoms with van der Waals surface area (Å²) in [5.41, 5.74) is 0.402. The maximum Gasteiger partial charge on any atom is 0.262 e. The number of halogens is 2. The van der Waals surface area contributed by atoms with Crippen LogP contribution in [0.3, 0.4) is 0 Å². The van der Waals surface area contributed by atoms with Crippen LogP contribution in [0.2, 0.25) is 0 Å². The van der Waals surface area contributed by atoms with E-state index in [0.29, 0.717) is 33.9 Å². The Balaban J connectivity index is 1.43. The molecule has 170 valence electrons. The van der Waals surface area contributed by atoms with Gasteiger partial charge in [0.1, 0.15) is 0 Å². The molecule has 1 aliphatic carbocycles. The number of aromatic nitrogens is 4. The van der Waals surface area contributed by atoms with Crippen molar-refractivity contribution >= 4 is 22.7 Å². The molecule has 1 aliphatic rings. The molecule has 2 heterocycles. The highest BCUT2D eigenvalue weighted by Gasteiger charge is 2.29. The van der Waals surface area contributed by atoms with Gasteiger partial charge in [-0.05, 0) is 37.1 Å². The summed E-state index contributed by atoms with van der Waals surface area (Å²) in [7, 11) is 3.09. The summed E-state index contributed by atoms with van der Waals surface area (Å²) >= 11 is 1.22. The van der Waals surface area contributed by atoms with Crippen molar-refractivity contribution in [2.24, 2.45) is 0 Å². The number of ether oxygens (including phenoxy) is 2. The molecule has 0 amide bonds. The molecule has 0 radical (unpaired) electrons. The summed E-state index contributed by atoms with van der Waals surface area (Å²) in [5, 5.41) is 4.46. The number of benzene rings is 2. The lowest BCUT2D eigenvalue weighted by atomic mass is 10.2. The molecule has 4 aromatic rings. The van der Waals surface area contributed by atoms with Gasteiger partial charge in [0, 0.05) is 17.7 Å². The zero-order chi connectivity index (χ0) is 23.1. The summed E-state index contributed by atoms with van der Waals surface area (Å²) in [6, 6.07) is 7.11. The van der Waals surface area contributed by atoms with E-state index < -0.39 is 11.6 Å². The van der Waals surface area contributed by atoms with Gasteiger partial charge in [-0.2, -0.15) is 4.98 Å². The Morgan fingerprint density at radius 3 is 2.58 bits per heavy atom. The molecule has 2 aromatic heterocycles. The molecule has 11 heteroatoms. The lowest BCUT2D eigenvalue weighted by molar-refractivity contribution is 0.355. The smallest absolute Gasteiger partial charge is 0.262 e. The van der Waals surface area contributed by atoms with Crippen molar-refractivity contribution in [3.63, 3.8) is 0 Å². The van der Waals surface area contributed by atoms with Gasteiger partial charge in [0.05, 0.1) is 30.9 Å². The zero-order valence-electron chi connectivity index (χ0n) is 17.7. The molecular weight excluding hydrogens is 454 g/mol. The lowest BCUT2D eigenvalue weighted by Crippen LogP contribution is -2.22. The number of hydrogen-bond acceptors (Lipinski definition) is 8. The zero-order valence-corrected chi connectivity index (χ0v) is 18.5. The van der Waals surface area contributed by atoms with E-state index in [1.807, 2.05) is 0 Å². The SMILES string of the molecule is COc1ccc(-c2noc(CSc3nc4cc(F)c(F)cc4c(=O)n3C3CC3)n2)cc1OC. The van der Waals surface area contributed by atoms with Gasteiger partial charge in [-0.1, -0.05) is 16.9 Å². The fourth-order valence-corrected chi connectivity index (χ4v) is 4.37. The standard InChI is InChI=1S/C22H18F2N4O4S/c1-30-17-6-3-11(7-18(17)31-2)20-26-19(32-27-20)10-33-22-25-16-9-15(24)14(23)8-13(16)21(29)28(22)12-4-5-12/h3,6-9,12H,4-5,10H2,1-2H3. The molecule has 5 rings (SSSR count). The van der Waals surface area contributed by atoms with Gasteiger partial charge in [-0.25, -0.2) is 13.8 Å². The van der Waals surface area contributed by atoms with Crippen molar-refractivity contribution in [3.05, 3.63) is 58.2 Å². The van der Waals surface area contributed by atoms with Crippen LogP contribution in [0.15, 0.2) is 44.8 Å². The molecular formula is C22H18F2N4O4S. The first-order valence-corrected chi connectivity index (χ1v) is 11.1. The summed E-state index contributed by atoms with van der Waals surface area (Å²) in [6.07, 6.45) is 1.66. The number of rotatable bonds is 7. The van der Waals surface area contributed by atoms with Crippen molar-refractivity contribution < 1.29 is 22.8 Å². The minimum atomic E-state index is -1.07. The highest BCUT2D eigenvalue weighted by atomic mass is 32.2. The van der Waals surface area contributed by atoms with Gasteiger partial charge in [-0.15, -0.1) is 0 Å². The third-order valence-corrected chi connectivity index (χ3v) is 6.19. The molecule has 0 unspecified atom stereocenters. The van der Waals surface area contributed by atoms with E-state index in [1.165, 1.54) is 23.4 Å². The number of hydrogen-bond donors (Lipinski definition) is 0. The normalized spacial score (nSPS) is 13.5. The van der Waals surface area contributed by atoms with E-state index in [2.05, 4.69) is 15.1 Å². The molecule has 0 spiro atoms. The van der Waals surface area contributed by atoms with Crippen molar-refractivity contribution in [3.8, 4) is 22.9 Å². The van der Waals surface area contributed by atoms with Crippen molar-refractivity contribution in [2.45, 2.75) is 29.8 Å². The fraction of sp³-hybridized carbons (Fsp3) is 0.273. The number of thioether (sulfide) groups is 1. The van der Waals surface area contributed by atoms with Crippen LogP contribution >= 0.6 is 11.8 Å². The van der Waals surface area contributed by atoms with Crippen LogP contribution < -0.4 is 15.0 Å². The second kappa shape index (κ2) is 8.47. The highest BCUT2D eigenvalue weighted by molar-refractivity contribution is 7.98. The number of fused-ring (bicyclic) bond motifs is 1. The molecule has 0 atom stereocenters. The van der Waals surface area contributed by atoms with E-state index in [1.54, 1.807) is 25.3 Å². The number of methoxy groups -OCH3 is 2. The first-order chi connectivity index (χ1) is 16.0. The minimum absolute atomic E-state index is 0.00461. The number of nitrogens with zero attached hydrogens (tertiary/aromatic N) is 4. The van der Waals surface area contributed by atoms with Gasteiger partial charge in [0.15, 0.2) is 28.3 Å². The first kappa shape index (κ1) is 21.4. The van der Waals surface area contributed by atoms with E-state index in [-0.39, 0.29) is 28.3 Å². The monoisotopic (exact) mass is 472 g/mol. The lowest BCUT2D eigenvalue weighted by Gasteiger charge is -2.11. The molecule has 0 saturated heterocycles. The van der Waals surface area contributed by atoms with Crippen LogP contribution in [-0.2, 0) is 5.75 Å². The Labute approximate surface area is 190 Å². The Morgan fingerprint density at radius 2 is 1.85 bits per heavy atom. The molecule has 1 saturated carbocycles. The summed E-state index contributed by atoms with van der Waals surface area (Å²) < 4.78 is 44.8. The summed E-state index contributed by atoms with van der Waals surface area (Å²) in [5.74, 6) is -0.0645. The molecule has 0 N–H and O–H groups in total. The largest absolute Gasteiger partial charge is 0.493 e. The third kappa shape index (κ3) is 4.04. The van der Waals surface area contributed by atoms with Crippen LogP contribution in [0, 0.1) is 11.6 Å². The van der Waals surface area contributed by atoms with Crippen LogP contribution in [0.5, 0.6) is 11.5 Å². The fourth-order valence-electron chi connectivity index (χ4n) is 3.46. The van der Waals surface area contributed by atoms with Crippen molar-refractivity contribution in [1.29, 1.82) is 0 Å².